The molecule has 3 unspecified atom stereocenters. The van der Waals surface area contributed by atoms with Gasteiger partial charge in [0.25, 0.3) is 0 Å². The van der Waals surface area contributed by atoms with Crippen molar-refractivity contribution in [2.24, 2.45) is 5.73 Å². The molecule has 0 spiro atoms. The zero-order valence-electron chi connectivity index (χ0n) is 10.4. The maximum absolute atomic E-state index is 11.4. The second kappa shape index (κ2) is 4.94. The number of hydrogen-bond donors (Lipinski definition) is 1. The summed E-state index contributed by atoms with van der Waals surface area (Å²) in [5, 5.41) is 2.93. The molecule has 102 valence electrons. The van der Waals surface area contributed by atoms with Crippen LogP contribution in [0.5, 0.6) is 0 Å². The second-order valence-corrected chi connectivity index (χ2v) is 6.96. The molecular weight excluding hydrogens is 258 g/mol. The smallest absolute Gasteiger partial charge is 0.233 e. The van der Waals surface area contributed by atoms with Gasteiger partial charge in [0.05, 0.1) is 12.5 Å². The molecule has 1 aliphatic heterocycles. The van der Waals surface area contributed by atoms with Gasteiger partial charge >= 0.3 is 0 Å². The second-order valence-electron chi connectivity index (χ2n) is 4.60. The van der Waals surface area contributed by atoms with E-state index in [2.05, 4.69) is 10.1 Å². The minimum Gasteiger partial charge on any atom is -0.381 e. The Labute approximate surface area is 106 Å². The normalized spacial score (nSPS) is 27.1. The van der Waals surface area contributed by atoms with Crippen LogP contribution in [0.25, 0.3) is 0 Å². The number of hydrogen-bond acceptors (Lipinski definition) is 7. The van der Waals surface area contributed by atoms with Crippen molar-refractivity contribution in [1.82, 2.24) is 10.1 Å². The SMILES string of the molecule is CC(c1noc(C2COCCC2N)n1)S(C)(=O)=O. The lowest BCUT2D eigenvalue weighted by Crippen LogP contribution is -2.37. The number of rotatable bonds is 3. The van der Waals surface area contributed by atoms with Crippen LogP contribution in [0.4, 0.5) is 0 Å². The van der Waals surface area contributed by atoms with Crippen molar-refractivity contribution < 1.29 is 17.7 Å². The van der Waals surface area contributed by atoms with Gasteiger partial charge in [-0.2, -0.15) is 4.98 Å². The zero-order valence-corrected chi connectivity index (χ0v) is 11.2. The summed E-state index contributed by atoms with van der Waals surface area (Å²) in [5.74, 6) is 0.365. The van der Waals surface area contributed by atoms with Crippen molar-refractivity contribution in [1.29, 1.82) is 0 Å². The molecule has 0 bridgehead atoms. The van der Waals surface area contributed by atoms with Crippen LogP contribution in [0.3, 0.4) is 0 Å². The minimum absolute atomic E-state index is 0.0967. The minimum atomic E-state index is -3.23. The van der Waals surface area contributed by atoms with Gasteiger partial charge in [-0.1, -0.05) is 5.16 Å². The molecule has 1 saturated heterocycles. The van der Waals surface area contributed by atoms with Crippen LogP contribution in [0, 0.1) is 0 Å². The van der Waals surface area contributed by atoms with Crippen LogP contribution >= 0.6 is 0 Å². The number of aromatic nitrogens is 2. The Kier molecular flexibility index (Phi) is 3.69. The van der Waals surface area contributed by atoms with E-state index >= 15 is 0 Å². The van der Waals surface area contributed by atoms with Crippen LogP contribution in [-0.2, 0) is 14.6 Å². The van der Waals surface area contributed by atoms with Gasteiger partial charge in [-0.3, -0.25) is 0 Å². The highest BCUT2D eigenvalue weighted by atomic mass is 32.2. The highest BCUT2D eigenvalue weighted by Gasteiger charge is 2.31. The summed E-state index contributed by atoms with van der Waals surface area (Å²) >= 11 is 0. The van der Waals surface area contributed by atoms with Crippen molar-refractivity contribution in [3.8, 4) is 0 Å². The molecule has 0 amide bonds. The van der Waals surface area contributed by atoms with E-state index in [-0.39, 0.29) is 17.8 Å². The summed E-state index contributed by atoms with van der Waals surface area (Å²) < 4.78 is 33.2. The first-order chi connectivity index (χ1) is 8.39. The molecule has 1 aromatic rings. The quantitative estimate of drug-likeness (QED) is 0.827. The maximum atomic E-state index is 11.4. The highest BCUT2D eigenvalue weighted by Crippen LogP contribution is 2.25. The Balaban J connectivity index is 2.20. The summed E-state index contributed by atoms with van der Waals surface area (Å²) in [7, 11) is -3.23. The van der Waals surface area contributed by atoms with Crippen LogP contribution in [0.1, 0.15) is 36.2 Å². The maximum Gasteiger partial charge on any atom is 0.233 e. The van der Waals surface area contributed by atoms with Gasteiger partial charge in [-0.25, -0.2) is 8.42 Å². The largest absolute Gasteiger partial charge is 0.381 e. The van der Waals surface area contributed by atoms with Gasteiger partial charge in [-0.05, 0) is 13.3 Å². The van der Waals surface area contributed by atoms with Crippen LogP contribution in [0.15, 0.2) is 4.52 Å². The molecule has 8 heteroatoms. The molecule has 0 saturated carbocycles. The number of nitrogens with two attached hydrogens (primary N) is 1. The molecule has 1 aromatic heterocycles. The fourth-order valence-corrected chi connectivity index (χ4v) is 2.24. The molecule has 2 heterocycles. The number of ether oxygens (including phenoxy) is 1. The molecule has 0 radical (unpaired) electrons. The van der Waals surface area contributed by atoms with E-state index in [1.807, 2.05) is 0 Å². The molecule has 3 atom stereocenters. The van der Waals surface area contributed by atoms with E-state index in [9.17, 15) is 8.42 Å². The summed E-state index contributed by atoms with van der Waals surface area (Å²) in [6.45, 7) is 2.58. The standard InChI is InChI=1S/C10H17N3O4S/c1-6(18(2,14)15)9-12-10(17-13-9)7-5-16-4-3-8(7)11/h6-8H,3-5,11H2,1-2H3. The number of nitrogens with zero attached hydrogens (tertiary/aromatic N) is 2. The average Bonchev–Trinajstić information content (AvgIpc) is 2.76. The Morgan fingerprint density at radius 1 is 1.50 bits per heavy atom. The summed E-state index contributed by atoms with van der Waals surface area (Å²) in [6.07, 6.45) is 1.87. The van der Waals surface area contributed by atoms with E-state index in [0.29, 0.717) is 19.1 Å². The van der Waals surface area contributed by atoms with E-state index in [4.69, 9.17) is 15.0 Å². The van der Waals surface area contributed by atoms with E-state index in [0.717, 1.165) is 12.7 Å². The van der Waals surface area contributed by atoms with Gasteiger partial charge in [-0.15, -0.1) is 0 Å². The lowest BCUT2D eigenvalue weighted by Gasteiger charge is -2.25. The Hall–Kier alpha value is -0.990. The zero-order chi connectivity index (χ0) is 13.3. The van der Waals surface area contributed by atoms with Crippen molar-refractivity contribution in [3.63, 3.8) is 0 Å². The number of sulfone groups is 1. The monoisotopic (exact) mass is 275 g/mol. The third kappa shape index (κ3) is 2.70. The van der Waals surface area contributed by atoms with Crippen LogP contribution in [-0.4, -0.2) is 44.1 Å². The molecule has 0 aliphatic carbocycles. The third-order valence-electron chi connectivity index (χ3n) is 3.19. The summed E-state index contributed by atoms with van der Waals surface area (Å²) in [6, 6.07) is -0.0967. The molecule has 1 aliphatic rings. The first kappa shape index (κ1) is 13.4. The lowest BCUT2D eigenvalue weighted by molar-refractivity contribution is 0.0590. The Bertz CT molecular complexity index is 513. The highest BCUT2D eigenvalue weighted by molar-refractivity contribution is 7.90. The molecule has 18 heavy (non-hydrogen) atoms. The van der Waals surface area contributed by atoms with Gasteiger partial charge in [0, 0.05) is 18.9 Å². The van der Waals surface area contributed by atoms with Gasteiger partial charge in [0.1, 0.15) is 5.25 Å². The van der Waals surface area contributed by atoms with Crippen molar-refractivity contribution >= 4 is 9.84 Å². The molecule has 7 nitrogen and oxygen atoms in total. The van der Waals surface area contributed by atoms with E-state index in [1.54, 1.807) is 0 Å². The van der Waals surface area contributed by atoms with E-state index < -0.39 is 15.1 Å². The average molecular weight is 275 g/mol. The molecule has 2 N–H and O–H groups in total. The first-order valence-corrected chi connectivity index (χ1v) is 7.70. The predicted molar refractivity (Wildman–Crippen MR) is 63.7 cm³/mol. The van der Waals surface area contributed by atoms with Gasteiger partial charge < -0.3 is 15.0 Å². The first-order valence-electron chi connectivity index (χ1n) is 5.75. The van der Waals surface area contributed by atoms with E-state index in [1.165, 1.54) is 6.92 Å². The topological polar surface area (TPSA) is 108 Å². The van der Waals surface area contributed by atoms with Crippen molar-refractivity contribution in [3.05, 3.63) is 11.7 Å². The predicted octanol–water partition coefficient (Wildman–Crippen LogP) is 0.00640. The van der Waals surface area contributed by atoms with Crippen LogP contribution in [0.2, 0.25) is 0 Å². The fraction of sp³-hybridized carbons (Fsp3) is 0.800. The fourth-order valence-electron chi connectivity index (χ4n) is 1.76. The molecule has 1 fully saturated rings. The Morgan fingerprint density at radius 2 is 2.22 bits per heavy atom. The van der Waals surface area contributed by atoms with Gasteiger partial charge in [0.2, 0.25) is 5.89 Å². The molecule has 2 rings (SSSR count). The summed E-state index contributed by atoms with van der Waals surface area (Å²) in [4.78, 5) is 4.13. The lowest BCUT2D eigenvalue weighted by atomic mass is 9.97. The van der Waals surface area contributed by atoms with Gasteiger partial charge in [0.15, 0.2) is 15.7 Å². The molecular formula is C10H17N3O4S. The van der Waals surface area contributed by atoms with Crippen molar-refractivity contribution in [2.45, 2.75) is 30.6 Å². The third-order valence-corrected chi connectivity index (χ3v) is 4.69. The molecule has 0 aromatic carbocycles. The van der Waals surface area contributed by atoms with Crippen LogP contribution < -0.4 is 5.73 Å². The summed E-state index contributed by atoms with van der Waals surface area (Å²) in [5.41, 5.74) is 5.96. The van der Waals surface area contributed by atoms with Crippen molar-refractivity contribution in [2.75, 3.05) is 19.5 Å². The Morgan fingerprint density at radius 3 is 2.83 bits per heavy atom.